The first-order valence-electron chi connectivity index (χ1n) is 9.79. The Morgan fingerprint density at radius 2 is 1.83 bits per heavy atom. The van der Waals surface area contributed by atoms with Gasteiger partial charge in [-0.05, 0) is 30.7 Å². The zero-order valence-corrected chi connectivity index (χ0v) is 17.9. The molecule has 0 saturated carbocycles. The van der Waals surface area contributed by atoms with Crippen LogP contribution in [0.15, 0.2) is 67.3 Å². The van der Waals surface area contributed by atoms with E-state index in [-0.39, 0.29) is 0 Å². The van der Waals surface area contributed by atoms with Crippen molar-refractivity contribution in [2.75, 3.05) is 6.54 Å². The number of nitrogens with one attached hydrogen (secondary N) is 1. The monoisotopic (exact) mass is 440 g/mol. The second-order valence-corrected chi connectivity index (χ2v) is 7.79. The van der Waals surface area contributed by atoms with Crippen molar-refractivity contribution in [2.24, 2.45) is 0 Å². The number of imidazole rings is 1. The van der Waals surface area contributed by atoms with Gasteiger partial charge in [-0.25, -0.2) is 4.98 Å². The van der Waals surface area contributed by atoms with Gasteiger partial charge >= 0.3 is 0 Å². The molecule has 0 aliphatic rings. The van der Waals surface area contributed by atoms with Crippen molar-refractivity contribution in [3.63, 3.8) is 0 Å². The van der Waals surface area contributed by atoms with Crippen LogP contribution in [0, 0.1) is 0 Å². The highest BCUT2D eigenvalue weighted by Gasteiger charge is 2.13. The van der Waals surface area contributed by atoms with Crippen LogP contribution in [-0.4, -0.2) is 31.1 Å². The Morgan fingerprint density at radius 3 is 2.60 bits per heavy atom. The maximum absolute atomic E-state index is 6.15. The molecule has 0 bridgehead atoms. The highest BCUT2D eigenvalue weighted by Crippen LogP contribution is 2.24. The minimum absolute atomic E-state index is 0.525. The van der Waals surface area contributed by atoms with Gasteiger partial charge in [0.05, 0.1) is 22.9 Å². The smallest absolute Gasteiger partial charge is 0.117 e. The van der Waals surface area contributed by atoms with Crippen LogP contribution in [0.3, 0.4) is 0 Å². The van der Waals surface area contributed by atoms with Crippen molar-refractivity contribution >= 4 is 23.2 Å². The summed E-state index contributed by atoms with van der Waals surface area (Å²) in [4.78, 5) is 5.78. The Bertz CT molecular complexity index is 1080. The Labute approximate surface area is 185 Å². The molecular weight excluding hydrogens is 419 g/mol. The number of nitrogens with zero attached hydrogens (tertiary/aromatic N) is 5. The van der Waals surface area contributed by atoms with Crippen molar-refractivity contribution < 1.29 is 0 Å². The van der Waals surface area contributed by atoms with Crippen LogP contribution in [0.4, 0.5) is 0 Å². The molecule has 30 heavy (non-hydrogen) atoms. The molecule has 4 aromatic rings. The average Bonchev–Trinajstić information content (AvgIpc) is 3.41. The summed E-state index contributed by atoms with van der Waals surface area (Å²) in [6, 6.07) is 15.7. The lowest BCUT2D eigenvalue weighted by Crippen LogP contribution is -2.17. The van der Waals surface area contributed by atoms with Crippen LogP contribution in [0.2, 0.25) is 10.0 Å². The molecule has 2 aromatic heterocycles. The summed E-state index contributed by atoms with van der Waals surface area (Å²) >= 11 is 12.2. The number of benzene rings is 2. The van der Waals surface area contributed by atoms with Crippen LogP contribution >= 0.6 is 23.2 Å². The van der Waals surface area contributed by atoms with Crippen LogP contribution in [-0.2, 0) is 19.6 Å². The van der Waals surface area contributed by atoms with Crippen LogP contribution < -0.4 is 5.32 Å². The number of rotatable bonds is 9. The molecule has 0 saturated heterocycles. The molecule has 0 aliphatic heterocycles. The second-order valence-electron chi connectivity index (χ2n) is 6.97. The Hall–Kier alpha value is -2.67. The number of hydrogen-bond acceptors (Lipinski definition) is 4. The number of aryl methyl sites for hydroxylation is 1. The lowest BCUT2D eigenvalue weighted by Gasteiger charge is -2.05. The fourth-order valence-electron chi connectivity index (χ4n) is 3.21. The lowest BCUT2D eigenvalue weighted by molar-refractivity contribution is 0.558. The minimum atomic E-state index is 0.525. The van der Waals surface area contributed by atoms with Gasteiger partial charge in [-0.1, -0.05) is 59.6 Å². The van der Waals surface area contributed by atoms with E-state index in [4.69, 9.17) is 33.4 Å². The second kappa shape index (κ2) is 9.89. The largest absolute Gasteiger partial charge is 0.337 e. The van der Waals surface area contributed by atoms with E-state index in [1.54, 1.807) is 17.1 Å². The maximum atomic E-state index is 6.15. The SMILES string of the molecule is Clc1ccc(Cn2nc(CNCCCn3ccnc3)c(-c3ccccc3)n2)cc1Cl. The Morgan fingerprint density at radius 1 is 0.967 bits per heavy atom. The van der Waals surface area contributed by atoms with Crippen molar-refractivity contribution in [3.8, 4) is 11.3 Å². The van der Waals surface area contributed by atoms with E-state index in [0.717, 1.165) is 42.0 Å². The van der Waals surface area contributed by atoms with Crippen LogP contribution in [0.5, 0.6) is 0 Å². The van der Waals surface area contributed by atoms with Crippen molar-refractivity contribution in [2.45, 2.75) is 26.1 Å². The van der Waals surface area contributed by atoms with Gasteiger partial charge in [0.15, 0.2) is 0 Å². The molecule has 0 amide bonds. The third-order valence-electron chi connectivity index (χ3n) is 4.70. The first-order valence-corrected chi connectivity index (χ1v) is 10.5. The molecule has 8 heteroatoms. The van der Waals surface area contributed by atoms with Gasteiger partial charge in [-0.15, -0.1) is 0 Å². The number of aromatic nitrogens is 5. The average molecular weight is 441 g/mol. The summed E-state index contributed by atoms with van der Waals surface area (Å²) in [6.45, 7) is 2.99. The Balaban J connectivity index is 1.45. The third kappa shape index (κ3) is 5.27. The van der Waals surface area contributed by atoms with E-state index in [2.05, 4.69) is 27.0 Å². The lowest BCUT2D eigenvalue weighted by atomic mass is 10.1. The molecule has 4 rings (SSSR count). The van der Waals surface area contributed by atoms with Gasteiger partial charge in [0.2, 0.25) is 0 Å². The van der Waals surface area contributed by atoms with Gasteiger partial charge < -0.3 is 9.88 Å². The van der Waals surface area contributed by atoms with Crippen molar-refractivity contribution in [1.82, 2.24) is 29.9 Å². The molecule has 0 unspecified atom stereocenters. The van der Waals surface area contributed by atoms with E-state index in [9.17, 15) is 0 Å². The van der Waals surface area contributed by atoms with Crippen molar-refractivity contribution in [3.05, 3.63) is 88.6 Å². The van der Waals surface area contributed by atoms with Gasteiger partial charge in [-0.2, -0.15) is 15.0 Å². The minimum Gasteiger partial charge on any atom is -0.337 e. The van der Waals surface area contributed by atoms with Gasteiger partial charge in [-0.3, -0.25) is 0 Å². The quantitative estimate of drug-likeness (QED) is 0.384. The van der Waals surface area contributed by atoms with E-state index < -0.39 is 0 Å². The molecule has 0 radical (unpaired) electrons. The molecule has 0 atom stereocenters. The molecule has 0 fully saturated rings. The molecule has 6 nitrogen and oxygen atoms in total. The van der Waals surface area contributed by atoms with Gasteiger partial charge in [0.25, 0.3) is 0 Å². The summed E-state index contributed by atoms with van der Waals surface area (Å²) < 4.78 is 2.07. The summed E-state index contributed by atoms with van der Waals surface area (Å²) in [6.07, 6.45) is 6.62. The highest BCUT2D eigenvalue weighted by atomic mass is 35.5. The molecule has 0 spiro atoms. The summed E-state index contributed by atoms with van der Waals surface area (Å²) in [5.74, 6) is 0. The summed E-state index contributed by atoms with van der Waals surface area (Å²) in [5, 5.41) is 14.0. The topological polar surface area (TPSA) is 60.6 Å². The van der Waals surface area contributed by atoms with E-state index in [1.807, 2.05) is 42.9 Å². The third-order valence-corrected chi connectivity index (χ3v) is 5.44. The predicted molar refractivity (Wildman–Crippen MR) is 120 cm³/mol. The fraction of sp³-hybridized carbons (Fsp3) is 0.227. The predicted octanol–water partition coefficient (Wildman–Crippen LogP) is 4.68. The van der Waals surface area contributed by atoms with Crippen LogP contribution in [0.1, 0.15) is 17.7 Å². The van der Waals surface area contributed by atoms with E-state index >= 15 is 0 Å². The molecule has 2 aromatic carbocycles. The standard InChI is InChI=1S/C22H22Cl2N6/c23-19-8-7-17(13-20(19)24)15-30-27-21(22(28-30)18-5-2-1-3-6-18)14-25-9-4-11-29-12-10-26-16-29/h1-3,5-8,10,12-13,16,25H,4,9,11,14-15H2. The normalized spacial score (nSPS) is 11.1. The van der Waals surface area contributed by atoms with Gasteiger partial charge in [0, 0.05) is 31.0 Å². The fourth-order valence-corrected chi connectivity index (χ4v) is 3.53. The first-order chi connectivity index (χ1) is 14.7. The van der Waals surface area contributed by atoms with E-state index in [1.165, 1.54) is 0 Å². The molecular formula is C22H22Cl2N6. The summed E-state index contributed by atoms with van der Waals surface area (Å²) in [7, 11) is 0. The molecule has 2 heterocycles. The van der Waals surface area contributed by atoms with Gasteiger partial charge in [0.1, 0.15) is 11.4 Å². The van der Waals surface area contributed by atoms with Crippen LogP contribution in [0.25, 0.3) is 11.3 Å². The number of hydrogen-bond donors (Lipinski definition) is 1. The molecule has 154 valence electrons. The maximum Gasteiger partial charge on any atom is 0.117 e. The highest BCUT2D eigenvalue weighted by molar-refractivity contribution is 6.42. The first kappa shape index (κ1) is 20.6. The number of halogens is 2. The van der Waals surface area contributed by atoms with Crippen molar-refractivity contribution in [1.29, 1.82) is 0 Å². The Kier molecular flexibility index (Phi) is 6.79. The molecule has 1 N–H and O–H groups in total. The zero-order valence-electron chi connectivity index (χ0n) is 16.4. The zero-order chi connectivity index (χ0) is 20.8. The van der Waals surface area contributed by atoms with E-state index in [0.29, 0.717) is 23.1 Å². The molecule has 0 aliphatic carbocycles. The summed E-state index contributed by atoms with van der Waals surface area (Å²) in [5.41, 5.74) is 3.86.